The van der Waals surface area contributed by atoms with Gasteiger partial charge in [0.25, 0.3) is 10.0 Å². The fourth-order valence-electron chi connectivity index (χ4n) is 1.04. The molecular formula is C8H11BrClNO5S2. The van der Waals surface area contributed by atoms with Gasteiger partial charge in [0, 0.05) is 0 Å². The second-order valence-electron chi connectivity index (χ2n) is 3.55. The van der Waals surface area contributed by atoms with E-state index < -0.39 is 35.4 Å². The van der Waals surface area contributed by atoms with Crippen molar-refractivity contribution in [2.45, 2.75) is 9.75 Å². The minimum atomic E-state index is -3.98. The van der Waals surface area contributed by atoms with E-state index in [0.29, 0.717) is 3.79 Å². The lowest BCUT2D eigenvalue weighted by atomic mass is 10.1. The Morgan fingerprint density at radius 1 is 1.33 bits per heavy atom. The van der Waals surface area contributed by atoms with Gasteiger partial charge in [-0.2, -0.15) is 4.72 Å². The smallest absolute Gasteiger partial charge is 0.250 e. The predicted molar refractivity (Wildman–Crippen MR) is 71.3 cm³/mol. The minimum absolute atomic E-state index is 0.0842. The molecule has 0 saturated carbocycles. The summed E-state index contributed by atoms with van der Waals surface area (Å²) in [5.74, 6) is 0. The van der Waals surface area contributed by atoms with Crippen molar-refractivity contribution in [2.24, 2.45) is 0 Å². The summed E-state index contributed by atoms with van der Waals surface area (Å²) in [5.41, 5.74) is -1.71. The Bertz CT molecular complexity index is 486. The lowest BCUT2D eigenvalue weighted by Crippen LogP contribution is -2.56. The van der Waals surface area contributed by atoms with Crippen LogP contribution in [0, 0.1) is 0 Å². The zero-order valence-electron chi connectivity index (χ0n) is 8.93. The first-order valence-corrected chi connectivity index (χ1v) is 8.09. The maximum atomic E-state index is 12.0. The van der Waals surface area contributed by atoms with E-state index in [1.165, 1.54) is 6.07 Å². The van der Waals surface area contributed by atoms with Crippen molar-refractivity contribution in [1.82, 2.24) is 4.72 Å². The first-order chi connectivity index (χ1) is 8.30. The van der Waals surface area contributed by atoms with Crippen molar-refractivity contribution in [2.75, 3.05) is 19.8 Å². The second kappa shape index (κ2) is 6.14. The van der Waals surface area contributed by atoms with Gasteiger partial charge in [0.1, 0.15) is 9.75 Å². The average Bonchev–Trinajstić information content (AvgIpc) is 2.68. The fraction of sp³-hybridized carbons (Fsp3) is 0.500. The van der Waals surface area contributed by atoms with Crippen LogP contribution in [0.3, 0.4) is 0 Å². The van der Waals surface area contributed by atoms with Gasteiger partial charge in [0.15, 0.2) is 0 Å². The summed E-state index contributed by atoms with van der Waals surface area (Å²) < 4.78 is 26.4. The molecule has 10 heteroatoms. The maximum Gasteiger partial charge on any atom is 0.250 e. The van der Waals surface area contributed by atoms with Gasteiger partial charge < -0.3 is 15.3 Å². The fourth-order valence-corrected chi connectivity index (χ4v) is 4.82. The van der Waals surface area contributed by atoms with Crippen LogP contribution >= 0.6 is 38.9 Å². The maximum absolute atomic E-state index is 12.0. The molecule has 1 aromatic heterocycles. The molecule has 0 unspecified atom stereocenters. The van der Waals surface area contributed by atoms with E-state index in [1.807, 2.05) is 0 Å². The van der Waals surface area contributed by atoms with Gasteiger partial charge in [-0.1, -0.05) is 11.6 Å². The van der Waals surface area contributed by atoms with Crippen molar-refractivity contribution in [3.63, 3.8) is 0 Å². The third-order valence-corrected chi connectivity index (χ3v) is 6.67. The molecule has 0 fully saturated rings. The van der Waals surface area contributed by atoms with Gasteiger partial charge in [-0.25, -0.2) is 8.42 Å². The van der Waals surface area contributed by atoms with Crippen molar-refractivity contribution < 1.29 is 23.7 Å². The molecule has 0 spiro atoms. The van der Waals surface area contributed by atoms with E-state index >= 15 is 0 Å². The molecule has 18 heavy (non-hydrogen) atoms. The van der Waals surface area contributed by atoms with Crippen molar-refractivity contribution in [1.29, 1.82) is 0 Å². The zero-order valence-corrected chi connectivity index (χ0v) is 12.9. The van der Waals surface area contributed by atoms with E-state index in [2.05, 4.69) is 20.7 Å². The first kappa shape index (κ1) is 16.3. The summed E-state index contributed by atoms with van der Waals surface area (Å²) in [6.45, 7) is -2.21. The Morgan fingerprint density at radius 2 is 1.83 bits per heavy atom. The van der Waals surface area contributed by atoms with Crippen LogP contribution in [0.1, 0.15) is 0 Å². The van der Waals surface area contributed by atoms with Gasteiger partial charge >= 0.3 is 0 Å². The Hall–Kier alpha value is 0.260. The van der Waals surface area contributed by atoms with E-state index in [0.717, 1.165) is 11.3 Å². The standard InChI is InChI=1S/C8H11BrClNO5S2/c9-7-5(10)1-6(17-7)18(15,16)11-8(2-12,3-13)4-14/h1,11-14H,2-4H2. The van der Waals surface area contributed by atoms with Crippen LogP contribution in [0.25, 0.3) is 0 Å². The van der Waals surface area contributed by atoms with Gasteiger partial charge in [-0.3, -0.25) is 0 Å². The molecule has 0 amide bonds. The molecule has 104 valence electrons. The van der Waals surface area contributed by atoms with Crippen LogP contribution in [-0.2, 0) is 10.0 Å². The topological polar surface area (TPSA) is 107 Å². The largest absolute Gasteiger partial charge is 0.394 e. The number of rotatable bonds is 6. The molecule has 1 rings (SSSR count). The van der Waals surface area contributed by atoms with Crippen LogP contribution in [0.5, 0.6) is 0 Å². The Morgan fingerprint density at radius 3 is 2.17 bits per heavy atom. The van der Waals surface area contributed by atoms with Crippen molar-refractivity contribution in [3.05, 3.63) is 14.9 Å². The van der Waals surface area contributed by atoms with Gasteiger partial charge in [0.05, 0.1) is 28.6 Å². The van der Waals surface area contributed by atoms with Crippen LogP contribution < -0.4 is 4.72 Å². The molecule has 0 atom stereocenters. The Labute approximate surface area is 121 Å². The van der Waals surface area contributed by atoms with E-state index in [9.17, 15) is 8.42 Å². The van der Waals surface area contributed by atoms with Crippen LogP contribution in [0.2, 0.25) is 5.02 Å². The third-order valence-electron chi connectivity index (χ3n) is 2.15. The number of thiophene rings is 1. The number of hydrogen-bond acceptors (Lipinski definition) is 6. The number of aliphatic hydroxyl groups excluding tert-OH is 3. The van der Waals surface area contributed by atoms with E-state index in [1.54, 1.807) is 0 Å². The summed E-state index contributed by atoms with van der Waals surface area (Å²) in [7, 11) is -3.98. The van der Waals surface area contributed by atoms with Crippen LogP contribution in [-0.4, -0.2) is 49.1 Å². The lowest BCUT2D eigenvalue weighted by molar-refractivity contribution is 0.0582. The molecule has 4 N–H and O–H groups in total. The molecule has 0 aliphatic rings. The highest BCUT2D eigenvalue weighted by atomic mass is 79.9. The molecular weight excluding hydrogens is 370 g/mol. The number of nitrogens with one attached hydrogen (secondary N) is 1. The molecule has 0 radical (unpaired) electrons. The summed E-state index contributed by atoms with van der Waals surface area (Å²) in [6, 6.07) is 1.23. The average molecular weight is 381 g/mol. The molecule has 0 aromatic carbocycles. The number of hydrogen-bond donors (Lipinski definition) is 4. The monoisotopic (exact) mass is 379 g/mol. The molecule has 0 aliphatic carbocycles. The van der Waals surface area contributed by atoms with Crippen LogP contribution in [0.4, 0.5) is 0 Å². The lowest BCUT2D eigenvalue weighted by Gasteiger charge is -2.27. The molecule has 0 aliphatic heterocycles. The minimum Gasteiger partial charge on any atom is -0.394 e. The Kier molecular flexibility index (Phi) is 5.57. The van der Waals surface area contributed by atoms with E-state index in [4.69, 9.17) is 26.9 Å². The highest BCUT2D eigenvalue weighted by molar-refractivity contribution is 9.11. The second-order valence-corrected chi connectivity index (χ2v) is 8.23. The van der Waals surface area contributed by atoms with Gasteiger partial charge in [-0.05, 0) is 22.0 Å². The van der Waals surface area contributed by atoms with Crippen LogP contribution in [0.15, 0.2) is 14.1 Å². The van der Waals surface area contributed by atoms with Crippen molar-refractivity contribution >= 4 is 48.9 Å². The molecule has 6 nitrogen and oxygen atoms in total. The quantitative estimate of drug-likeness (QED) is 0.562. The first-order valence-electron chi connectivity index (χ1n) is 4.61. The molecule has 1 aromatic rings. The highest BCUT2D eigenvalue weighted by Gasteiger charge is 2.34. The number of sulfonamides is 1. The van der Waals surface area contributed by atoms with Gasteiger partial charge in [-0.15, -0.1) is 11.3 Å². The zero-order chi connectivity index (χ0) is 14.0. The Balaban J connectivity index is 3.08. The highest BCUT2D eigenvalue weighted by Crippen LogP contribution is 2.34. The predicted octanol–water partition coefficient (Wildman–Crippen LogP) is 0.158. The summed E-state index contributed by atoms with van der Waals surface area (Å²) >= 11 is 9.70. The third kappa shape index (κ3) is 3.42. The van der Waals surface area contributed by atoms with Crippen molar-refractivity contribution in [3.8, 4) is 0 Å². The number of aliphatic hydroxyl groups is 3. The van der Waals surface area contributed by atoms with E-state index in [-0.39, 0.29) is 9.23 Å². The summed E-state index contributed by atoms with van der Waals surface area (Å²) in [5, 5.41) is 27.4. The SMILES string of the molecule is O=S(=O)(NC(CO)(CO)CO)c1cc(Cl)c(Br)s1. The molecule has 1 heterocycles. The number of halogens is 2. The van der Waals surface area contributed by atoms with Gasteiger partial charge in [0.2, 0.25) is 0 Å². The normalized spacial score (nSPS) is 12.9. The summed E-state index contributed by atoms with van der Waals surface area (Å²) in [4.78, 5) is 0. The summed E-state index contributed by atoms with van der Waals surface area (Å²) in [6.07, 6.45) is 0. The molecule has 0 saturated heterocycles. The molecule has 0 bridgehead atoms.